The number of aromatic nitrogens is 3. The number of nitrogens with one attached hydrogen (secondary N) is 1. The van der Waals surface area contributed by atoms with E-state index in [9.17, 15) is 13.2 Å². The van der Waals surface area contributed by atoms with E-state index in [0.717, 1.165) is 12.3 Å². The Morgan fingerprint density at radius 1 is 1.33 bits per heavy atom. The Morgan fingerprint density at radius 3 is 2.62 bits per heavy atom. The zero-order valence-corrected chi connectivity index (χ0v) is 12.2. The van der Waals surface area contributed by atoms with E-state index in [-0.39, 0.29) is 16.3 Å². The molecular weight excluding hydrogens is 301 g/mol. The number of rotatable bonds is 3. The predicted octanol–water partition coefficient (Wildman–Crippen LogP) is 3.97. The molecule has 0 unspecified atom stereocenters. The first-order chi connectivity index (χ1) is 9.80. The molecule has 1 heterocycles. The number of aromatic amines is 1. The highest BCUT2D eigenvalue weighted by atomic mass is 32.1. The van der Waals surface area contributed by atoms with Gasteiger partial charge in [0.15, 0.2) is 5.82 Å². The number of halogens is 3. The highest BCUT2D eigenvalue weighted by Crippen LogP contribution is 2.31. The molecule has 21 heavy (non-hydrogen) atoms. The summed E-state index contributed by atoms with van der Waals surface area (Å²) in [4.78, 5) is 0. The summed E-state index contributed by atoms with van der Waals surface area (Å²) in [7, 11) is 0. The molecule has 0 saturated heterocycles. The summed E-state index contributed by atoms with van der Waals surface area (Å²) in [5, 5.41) is 10.6. The van der Waals surface area contributed by atoms with Crippen LogP contribution in [0.25, 0.3) is 0 Å². The second-order valence-electron chi connectivity index (χ2n) is 4.68. The average molecular weight is 314 g/mol. The van der Waals surface area contributed by atoms with Crippen molar-refractivity contribution in [3.63, 3.8) is 0 Å². The Morgan fingerprint density at radius 2 is 2.00 bits per heavy atom. The number of benzene rings is 1. The summed E-state index contributed by atoms with van der Waals surface area (Å²) in [6.07, 6.45) is -3.29. The van der Waals surface area contributed by atoms with Crippen LogP contribution >= 0.6 is 12.2 Å². The van der Waals surface area contributed by atoms with Crippen molar-refractivity contribution in [2.45, 2.75) is 25.9 Å². The molecule has 0 saturated carbocycles. The van der Waals surface area contributed by atoms with Gasteiger partial charge in [-0.15, -0.1) is 0 Å². The van der Waals surface area contributed by atoms with Gasteiger partial charge in [-0.2, -0.15) is 28.0 Å². The van der Waals surface area contributed by atoms with Crippen LogP contribution in [0.4, 0.5) is 13.2 Å². The molecule has 8 heteroatoms. The largest absolute Gasteiger partial charge is 0.417 e. The van der Waals surface area contributed by atoms with Crippen LogP contribution in [-0.2, 0) is 6.18 Å². The molecule has 0 spiro atoms. The lowest BCUT2D eigenvalue weighted by Gasteiger charge is -2.09. The van der Waals surface area contributed by atoms with Crippen LogP contribution in [0.2, 0.25) is 0 Å². The first kappa shape index (κ1) is 15.4. The highest BCUT2D eigenvalue weighted by Gasteiger charge is 2.32. The maximum atomic E-state index is 12.9. The van der Waals surface area contributed by atoms with Crippen molar-refractivity contribution in [3.8, 4) is 0 Å². The minimum absolute atomic E-state index is 0.0252. The third-order valence-electron chi connectivity index (χ3n) is 2.77. The zero-order valence-electron chi connectivity index (χ0n) is 11.3. The van der Waals surface area contributed by atoms with Crippen molar-refractivity contribution in [2.75, 3.05) is 0 Å². The van der Waals surface area contributed by atoms with Gasteiger partial charge >= 0.3 is 6.18 Å². The van der Waals surface area contributed by atoms with Crippen molar-refractivity contribution in [2.24, 2.45) is 5.10 Å². The quantitative estimate of drug-likeness (QED) is 0.688. The predicted molar refractivity (Wildman–Crippen MR) is 75.9 cm³/mol. The SMILES string of the molecule is CC(C)c1n[nH]c(=S)n1/N=C\c1ccccc1C(F)(F)F. The fourth-order valence-electron chi connectivity index (χ4n) is 1.78. The number of hydrogen-bond donors (Lipinski definition) is 1. The second-order valence-corrected chi connectivity index (χ2v) is 5.07. The van der Waals surface area contributed by atoms with Crippen LogP contribution in [0.5, 0.6) is 0 Å². The average Bonchev–Trinajstić information content (AvgIpc) is 2.77. The lowest BCUT2D eigenvalue weighted by atomic mass is 10.1. The minimum atomic E-state index is -4.43. The highest BCUT2D eigenvalue weighted by molar-refractivity contribution is 7.71. The molecule has 1 N–H and O–H groups in total. The third-order valence-corrected chi connectivity index (χ3v) is 3.03. The van der Waals surface area contributed by atoms with Gasteiger partial charge in [0.05, 0.1) is 11.8 Å². The molecule has 112 valence electrons. The van der Waals surface area contributed by atoms with E-state index < -0.39 is 11.7 Å². The monoisotopic (exact) mass is 314 g/mol. The molecule has 0 radical (unpaired) electrons. The molecule has 0 aliphatic heterocycles. The van der Waals surface area contributed by atoms with Crippen molar-refractivity contribution >= 4 is 18.4 Å². The second kappa shape index (κ2) is 5.80. The Kier molecular flexibility index (Phi) is 4.26. The van der Waals surface area contributed by atoms with Gasteiger partial charge in [-0.1, -0.05) is 32.0 Å². The summed E-state index contributed by atoms with van der Waals surface area (Å²) in [6.45, 7) is 3.78. The van der Waals surface area contributed by atoms with Crippen molar-refractivity contribution in [1.82, 2.24) is 14.9 Å². The van der Waals surface area contributed by atoms with Crippen molar-refractivity contribution in [1.29, 1.82) is 0 Å². The molecule has 1 aromatic heterocycles. The lowest BCUT2D eigenvalue weighted by Crippen LogP contribution is -2.09. The maximum absolute atomic E-state index is 12.9. The van der Waals surface area contributed by atoms with Gasteiger partial charge in [0.2, 0.25) is 4.77 Å². The molecule has 0 aliphatic carbocycles. The van der Waals surface area contributed by atoms with E-state index in [0.29, 0.717) is 5.82 Å². The van der Waals surface area contributed by atoms with E-state index in [4.69, 9.17) is 12.2 Å². The summed E-state index contributed by atoms with van der Waals surface area (Å²) >= 11 is 5.02. The van der Waals surface area contributed by atoms with Gasteiger partial charge in [0.25, 0.3) is 0 Å². The standard InChI is InChI=1S/C13H13F3N4S/c1-8(2)11-18-19-12(21)20(11)17-7-9-5-3-4-6-10(9)13(14,15)16/h3-8H,1-2H3,(H,19,21)/b17-7-. The molecule has 0 atom stereocenters. The van der Waals surface area contributed by atoms with Gasteiger partial charge in [-0.25, -0.2) is 0 Å². The minimum Gasteiger partial charge on any atom is -0.250 e. The van der Waals surface area contributed by atoms with Crippen LogP contribution in [-0.4, -0.2) is 21.1 Å². The smallest absolute Gasteiger partial charge is 0.250 e. The van der Waals surface area contributed by atoms with Crippen molar-refractivity contribution in [3.05, 3.63) is 46.0 Å². The van der Waals surface area contributed by atoms with E-state index in [1.807, 2.05) is 13.8 Å². The van der Waals surface area contributed by atoms with Crippen LogP contribution in [0.15, 0.2) is 29.4 Å². The summed E-state index contributed by atoms with van der Waals surface area (Å²) in [5.74, 6) is 0.591. The molecule has 0 amide bonds. The van der Waals surface area contributed by atoms with Crippen LogP contribution in [0, 0.1) is 4.77 Å². The van der Waals surface area contributed by atoms with E-state index in [1.165, 1.54) is 22.9 Å². The Labute approximate surface area is 124 Å². The molecule has 2 aromatic rings. The normalized spacial score (nSPS) is 12.5. The van der Waals surface area contributed by atoms with Crippen LogP contribution < -0.4 is 0 Å². The molecule has 1 aromatic carbocycles. The molecule has 4 nitrogen and oxygen atoms in total. The van der Waals surface area contributed by atoms with Gasteiger partial charge in [0.1, 0.15) is 0 Å². The maximum Gasteiger partial charge on any atom is 0.417 e. The van der Waals surface area contributed by atoms with E-state index >= 15 is 0 Å². The Hall–Kier alpha value is -1.96. The number of H-pyrrole nitrogens is 1. The third kappa shape index (κ3) is 3.38. The molecular formula is C13H13F3N4S. The number of hydrogen-bond acceptors (Lipinski definition) is 3. The first-order valence-corrected chi connectivity index (χ1v) is 6.59. The summed E-state index contributed by atoms with van der Waals surface area (Å²) in [5.41, 5.74) is -0.766. The van der Waals surface area contributed by atoms with E-state index in [1.54, 1.807) is 0 Å². The number of nitrogens with zero attached hydrogens (tertiary/aromatic N) is 3. The summed E-state index contributed by atoms with van der Waals surface area (Å²) < 4.78 is 40.2. The molecule has 0 bridgehead atoms. The van der Waals surface area contributed by atoms with Crippen LogP contribution in [0.1, 0.15) is 36.7 Å². The topological polar surface area (TPSA) is 46.0 Å². The lowest BCUT2D eigenvalue weighted by molar-refractivity contribution is -0.137. The van der Waals surface area contributed by atoms with Gasteiger partial charge in [-0.05, 0) is 18.3 Å². The summed E-state index contributed by atoms with van der Waals surface area (Å²) in [6, 6.07) is 5.22. The first-order valence-electron chi connectivity index (χ1n) is 6.18. The zero-order chi connectivity index (χ0) is 15.6. The Balaban J connectivity index is 2.44. The molecule has 0 fully saturated rings. The fourth-order valence-corrected chi connectivity index (χ4v) is 1.96. The molecule has 2 rings (SSSR count). The van der Waals surface area contributed by atoms with Gasteiger partial charge in [0, 0.05) is 11.5 Å². The fraction of sp³-hybridized carbons (Fsp3) is 0.308. The van der Waals surface area contributed by atoms with E-state index in [2.05, 4.69) is 15.3 Å². The van der Waals surface area contributed by atoms with Gasteiger partial charge in [-0.3, -0.25) is 5.10 Å². The van der Waals surface area contributed by atoms with Crippen molar-refractivity contribution < 1.29 is 13.2 Å². The number of alkyl halides is 3. The van der Waals surface area contributed by atoms with Gasteiger partial charge < -0.3 is 0 Å². The van der Waals surface area contributed by atoms with Crippen LogP contribution in [0.3, 0.4) is 0 Å². The molecule has 0 aliphatic rings. The Bertz CT molecular complexity index is 713.